The van der Waals surface area contributed by atoms with Crippen LogP contribution in [-0.2, 0) is 9.53 Å². The highest BCUT2D eigenvalue weighted by molar-refractivity contribution is 5.80. The van der Waals surface area contributed by atoms with E-state index in [9.17, 15) is 9.18 Å². The van der Waals surface area contributed by atoms with Crippen molar-refractivity contribution in [3.63, 3.8) is 0 Å². The molecule has 1 atom stereocenters. The number of hydrogen-bond donors (Lipinski definition) is 1. The van der Waals surface area contributed by atoms with E-state index in [2.05, 4.69) is 10.1 Å². The lowest BCUT2D eigenvalue weighted by Crippen LogP contribution is -2.46. The van der Waals surface area contributed by atoms with E-state index < -0.39 is 0 Å². The van der Waals surface area contributed by atoms with Crippen molar-refractivity contribution in [2.45, 2.75) is 38.1 Å². The molecule has 1 aromatic heterocycles. The highest BCUT2D eigenvalue weighted by atomic mass is 19.1. The summed E-state index contributed by atoms with van der Waals surface area (Å²) in [6.45, 7) is 4.16. The van der Waals surface area contributed by atoms with Gasteiger partial charge in [-0.2, -0.15) is 0 Å². The van der Waals surface area contributed by atoms with Gasteiger partial charge in [-0.3, -0.25) is 9.69 Å². The van der Waals surface area contributed by atoms with Crippen LogP contribution in [0.2, 0.25) is 0 Å². The molecule has 1 unspecified atom stereocenters. The van der Waals surface area contributed by atoms with Crippen molar-refractivity contribution in [1.82, 2.24) is 10.1 Å². The SMILES string of the molecule is CCC(C(=O)OCCN)N1CCC(c2noc3cc(F)ccc23)CC1. The molecule has 2 aromatic rings. The zero-order valence-corrected chi connectivity index (χ0v) is 14.4. The zero-order valence-electron chi connectivity index (χ0n) is 14.4. The van der Waals surface area contributed by atoms with E-state index >= 15 is 0 Å². The second-order valence-corrected chi connectivity index (χ2v) is 6.40. The maximum Gasteiger partial charge on any atom is 0.323 e. The van der Waals surface area contributed by atoms with E-state index in [1.807, 2.05) is 6.92 Å². The quantitative estimate of drug-likeness (QED) is 0.807. The predicted molar refractivity (Wildman–Crippen MR) is 91.6 cm³/mol. The van der Waals surface area contributed by atoms with Gasteiger partial charge in [0.25, 0.3) is 0 Å². The molecule has 0 spiro atoms. The first-order valence-corrected chi connectivity index (χ1v) is 8.79. The molecule has 25 heavy (non-hydrogen) atoms. The Balaban J connectivity index is 1.65. The van der Waals surface area contributed by atoms with Crippen LogP contribution in [0.25, 0.3) is 11.0 Å². The van der Waals surface area contributed by atoms with E-state index in [0.29, 0.717) is 18.5 Å². The number of fused-ring (bicyclic) bond motifs is 1. The van der Waals surface area contributed by atoms with Crippen LogP contribution in [0.5, 0.6) is 0 Å². The van der Waals surface area contributed by atoms with Crippen molar-refractivity contribution in [2.24, 2.45) is 5.73 Å². The van der Waals surface area contributed by atoms with Gasteiger partial charge in [-0.15, -0.1) is 0 Å². The fourth-order valence-electron chi connectivity index (χ4n) is 3.54. The van der Waals surface area contributed by atoms with Crippen molar-refractivity contribution in [3.8, 4) is 0 Å². The summed E-state index contributed by atoms with van der Waals surface area (Å²) in [5.41, 5.74) is 6.76. The Bertz CT molecular complexity index is 725. The fourth-order valence-corrected chi connectivity index (χ4v) is 3.54. The molecule has 1 saturated heterocycles. The number of benzene rings is 1. The minimum Gasteiger partial charge on any atom is -0.463 e. The maximum absolute atomic E-state index is 13.3. The number of nitrogens with two attached hydrogens (primary N) is 1. The summed E-state index contributed by atoms with van der Waals surface area (Å²) in [4.78, 5) is 14.3. The Hall–Kier alpha value is -1.99. The molecule has 0 radical (unpaired) electrons. The molecule has 1 aliphatic heterocycles. The van der Waals surface area contributed by atoms with Crippen molar-refractivity contribution in [1.29, 1.82) is 0 Å². The minimum absolute atomic E-state index is 0.200. The second kappa shape index (κ2) is 7.93. The Morgan fingerprint density at radius 3 is 2.92 bits per heavy atom. The van der Waals surface area contributed by atoms with Gasteiger partial charge in [0.1, 0.15) is 18.5 Å². The Labute approximate surface area is 146 Å². The van der Waals surface area contributed by atoms with E-state index in [1.54, 1.807) is 6.07 Å². The number of halogens is 1. The third-order valence-electron chi connectivity index (χ3n) is 4.84. The van der Waals surface area contributed by atoms with Crippen LogP contribution in [0.15, 0.2) is 22.7 Å². The normalized spacial score (nSPS) is 17.7. The van der Waals surface area contributed by atoms with Gasteiger partial charge in [-0.25, -0.2) is 4.39 Å². The number of hydrogen-bond acceptors (Lipinski definition) is 6. The van der Waals surface area contributed by atoms with Gasteiger partial charge in [0.2, 0.25) is 0 Å². The highest BCUT2D eigenvalue weighted by Gasteiger charge is 2.31. The Morgan fingerprint density at radius 2 is 2.24 bits per heavy atom. The molecule has 0 saturated carbocycles. The number of likely N-dealkylation sites (tertiary alicyclic amines) is 1. The molecule has 1 aromatic carbocycles. The number of ether oxygens (including phenoxy) is 1. The lowest BCUT2D eigenvalue weighted by Gasteiger charge is -2.35. The molecule has 0 aliphatic carbocycles. The number of carbonyl (C=O) groups is 1. The molecule has 7 heteroatoms. The number of esters is 1. The number of nitrogens with zero attached hydrogens (tertiary/aromatic N) is 2. The van der Waals surface area contributed by atoms with Gasteiger partial charge >= 0.3 is 5.97 Å². The first-order chi connectivity index (χ1) is 12.1. The van der Waals surface area contributed by atoms with Crippen LogP contribution in [0.1, 0.15) is 37.8 Å². The molecule has 0 amide bonds. The summed E-state index contributed by atoms with van der Waals surface area (Å²) in [6.07, 6.45) is 2.46. The lowest BCUT2D eigenvalue weighted by molar-refractivity contribution is -0.150. The molecule has 2 heterocycles. The third kappa shape index (κ3) is 3.82. The van der Waals surface area contributed by atoms with E-state index in [1.165, 1.54) is 12.1 Å². The van der Waals surface area contributed by atoms with Crippen molar-refractivity contribution in [3.05, 3.63) is 29.7 Å². The highest BCUT2D eigenvalue weighted by Crippen LogP contribution is 2.33. The first kappa shape index (κ1) is 17.8. The Morgan fingerprint density at radius 1 is 1.48 bits per heavy atom. The van der Waals surface area contributed by atoms with E-state index in [4.69, 9.17) is 15.0 Å². The van der Waals surface area contributed by atoms with Crippen LogP contribution >= 0.6 is 0 Å². The second-order valence-electron chi connectivity index (χ2n) is 6.40. The number of rotatable bonds is 6. The summed E-state index contributed by atoms with van der Waals surface area (Å²) >= 11 is 0. The van der Waals surface area contributed by atoms with Crippen LogP contribution in [-0.4, -0.2) is 48.3 Å². The number of piperidine rings is 1. The molecule has 136 valence electrons. The van der Waals surface area contributed by atoms with Gasteiger partial charge in [0.05, 0.1) is 5.69 Å². The molecule has 3 rings (SSSR count). The van der Waals surface area contributed by atoms with Gasteiger partial charge in [-0.05, 0) is 44.5 Å². The number of aromatic nitrogens is 1. The van der Waals surface area contributed by atoms with Crippen molar-refractivity contribution < 1.29 is 18.4 Å². The standard InChI is InChI=1S/C18H24FN3O3/c1-2-15(18(23)24-10-7-20)22-8-5-12(6-9-22)17-14-4-3-13(19)11-16(14)25-21-17/h3-4,11-12,15H,2,5-10,20H2,1H3. The average Bonchev–Trinajstić information content (AvgIpc) is 3.04. The van der Waals surface area contributed by atoms with E-state index in [-0.39, 0.29) is 30.4 Å². The van der Waals surface area contributed by atoms with Crippen LogP contribution < -0.4 is 5.73 Å². The minimum atomic E-state index is -0.327. The molecular weight excluding hydrogens is 325 g/mol. The summed E-state index contributed by atoms with van der Waals surface area (Å²) in [5, 5.41) is 5.03. The van der Waals surface area contributed by atoms with Crippen LogP contribution in [0.4, 0.5) is 4.39 Å². The van der Waals surface area contributed by atoms with Gasteiger partial charge < -0.3 is 15.0 Å². The van der Waals surface area contributed by atoms with E-state index in [0.717, 1.165) is 37.0 Å². The topological polar surface area (TPSA) is 81.6 Å². The van der Waals surface area contributed by atoms with Crippen molar-refractivity contribution in [2.75, 3.05) is 26.2 Å². The fraction of sp³-hybridized carbons (Fsp3) is 0.556. The summed E-state index contributed by atoms with van der Waals surface area (Å²) in [5.74, 6) is -0.277. The molecule has 1 aliphatic rings. The van der Waals surface area contributed by atoms with Gasteiger partial charge in [0, 0.05) is 23.9 Å². The monoisotopic (exact) mass is 349 g/mol. The third-order valence-corrected chi connectivity index (χ3v) is 4.84. The smallest absolute Gasteiger partial charge is 0.323 e. The van der Waals surface area contributed by atoms with Crippen molar-refractivity contribution >= 4 is 16.9 Å². The molecule has 1 fully saturated rings. The summed E-state index contributed by atoms with van der Waals surface area (Å²) < 4.78 is 23.8. The van der Waals surface area contributed by atoms with Crippen LogP contribution in [0.3, 0.4) is 0 Å². The molecular formula is C18H24FN3O3. The Kier molecular flexibility index (Phi) is 5.65. The average molecular weight is 349 g/mol. The molecule has 6 nitrogen and oxygen atoms in total. The number of carbonyl (C=O) groups excluding carboxylic acids is 1. The zero-order chi connectivity index (χ0) is 17.8. The first-order valence-electron chi connectivity index (χ1n) is 8.79. The summed E-state index contributed by atoms with van der Waals surface area (Å²) in [7, 11) is 0. The molecule has 2 N–H and O–H groups in total. The van der Waals surface area contributed by atoms with Crippen LogP contribution in [0, 0.1) is 5.82 Å². The van der Waals surface area contributed by atoms with Gasteiger partial charge in [-0.1, -0.05) is 12.1 Å². The predicted octanol–water partition coefficient (Wildman–Crippen LogP) is 2.43. The maximum atomic E-state index is 13.3. The lowest BCUT2D eigenvalue weighted by atomic mass is 9.90. The largest absolute Gasteiger partial charge is 0.463 e. The molecule has 0 bridgehead atoms. The van der Waals surface area contributed by atoms with Gasteiger partial charge in [0.15, 0.2) is 5.58 Å². The summed E-state index contributed by atoms with van der Waals surface area (Å²) in [6, 6.07) is 4.29.